The Bertz CT molecular complexity index is 401. The van der Waals surface area contributed by atoms with Crippen LogP contribution in [0.5, 0.6) is 5.75 Å². The minimum absolute atomic E-state index is 0.0800. The van der Waals surface area contributed by atoms with Crippen molar-refractivity contribution in [3.05, 3.63) is 42.5 Å². The molecule has 0 aromatic heterocycles. The molecule has 0 bridgehead atoms. The number of halogens is 1. The van der Waals surface area contributed by atoms with Crippen LogP contribution in [0.2, 0.25) is 0 Å². The summed E-state index contributed by atoms with van der Waals surface area (Å²) in [5, 5.41) is -0.495. The van der Waals surface area contributed by atoms with Crippen molar-refractivity contribution in [1.82, 2.24) is 4.90 Å². The smallest absolute Gasteiger partial charge is 0.240 e. The summed E-state index contributed by atoms with van der Waals surface area (Å²) in [5.41, 5.74) is 1.04. The fraction of sp³-hybridized carbons (Fsp3) is 0.357. The van der Waals surface area contributed by atoms with Crippen LogP contribution in [0, 0.1) is 0 Å². The van der Waals surface area contributed by atoms with Gasteiger partial charge in [-0.05, 0) is 24.6 Å². The van der Waals surface area contributed by atoms with E-state index in [2.05, 4.69) is 6.58 Å². The monoisotopic (exact) mass is 267 g/mol. The van der Waals surface area contributed by atoms with Crippen LogP contribution in [0.3, 0.4) is 0 Å². The van der Waals surface area contributed by atoms with Gasteiger partial charge in [-0.15, -0.1) is 11.6 Å². The van der Waals surface area contributed by atoms with Gasteiger partial charge in [-0.1, -0.05) is 24.8 Å². The number of rotatable bonds is 6. The minimum atomic E-state index is -0.495. The normalized spacial score (nSPS) is 11.7. The summed E-state index contributed by atoms with van der Waals surface area (Å²) in [4.78, 5) is 13.2. The predicted molar refractivity (Wildman–Crippen MR) is 73.9 cm³/mol. The molecule has 0 saturated carbocycles. The van der Waals surface area contributed by atoms with Crippen LogP contribution < -0.4 is 4.74 Å². The second kappa shape index (κ2) is 7.07. The number of ether oxygens (including phenoxy) is 1. The number of benzene rings is 1. The molecule has 1 aromatic carbocycles. The molecule has 3 nitrogen and oxygen atoms in total. The van der Waals surface area contributed by atoms with Crippen LogP contribution in [0.25, 0.3) is 0 Å². The zero-order valence-electron chi connectivity index (χ0n) is 10.7. The summed E-state index contributed by atoms with van der Waals surface area (Å²) in [5.74, 6) is 0.710. The van der Waals surface area contributed by atoms with E-state index in [0.29, 0.717) is 13.2 Å². The third-order valence-corrected chi connectivity index (χ3v) is 2.61. The largest absolute Gasteiger partial charge is 0.490 e. The summed E-state index contributed by atoms with van der Waals surface area (Å²) in [6.45, 7) is 6.29. The first-order valence-electron chi connectivity index (χ1n) is 5.76. The van der Waals surface area contributed by atoms with Crippen molar-refractivity contribution in [2.75, 3.05) is 13.7 Å². The highest BCUT2D eigenvalue weighted by molar-refractivity contribution is 6.30. The van der Waals surface area contributed by atoms with Crippen molar-refractivity contribution in [1.29, 1.82) is 0 Å². The molecular formula is C14H18ClNO2. The molecule has 98 valence electrons. The molecule has 0 N–H and O–H groups in total. The number of nitrogens with zero attached hydrogens (tertiary/aromatic N) is 1. The van der Waals surface area contributed by atoms with Gasteiger partial charge in [0.15, 0.2) is 0 Å². The van der Waals surface area contributed by atoms with Crippen molar-refractivity contribution in [3.63, 3.8) is 0 Å². The lowest BCUT2D eigenvalue weighted by Crippen LogP contribution is -2.31. The van der Waals surface area contributed by atoms with Crippen LogP contribution in [-0.4, -0.2) is 29.8 Å². The molecule has 0 aliphatic rings. The molecule has 0 saturated heterocycles. The van der Waals surface area contributed by atoms with Gasteiger partial charge in [0.2, 0.25) is 5.91 Å². The Morgan fingerprint density at radius 2 is 2.11 bits per heavy atom. The molecule has 0 fully saturated rings. The number of hydrogen-bond acceptors (Lipinski definition) is 2. The summed E-state index contributed by atoms with van der Waals surface area (Å²) in [7, 11) is 1.74. The van der Waals surface area contributed by atoms with E-state index in [4.69, 9.17) is 16.3 Å². The SMILES string of the molecule is C=CCOc1ccc(CN(C)C(=O)C(C)Cl)cc1. The third kappa shape index (κ3) is 4.41. The fourth-order valence-electron chi connectivity index (χ4n) is 1.50. The van der Waals surface area contributed by atoms with Gasteiger partial charge in [-0.25, -0.2) is 0 Å². The summed E-state index contributed by atoms with van der Waals surface area (Å²) in [6.07, 6.45) is 1.70. The van der Waals surface area contributed by atoms with Crippen LogP contribution >= 0.6 is 11.6 Å². The number of amides is 1. The molecule has 1 unspecified atom stereocenters. The van der Waals surface area contributed by atoms with Gasteiger partial charge in [0.05, 0.1) is 0 Å². The fourth-order valence-corrected chi connectivity index (χ4v) is 1.67. The number of hydrogen-bond donors (Lipinski definition) is 0. The van der Waals surface area contributed by atoms with E-state index in [1.165, 1.54) is 0 Å². The van der Waals surface area contributed by atoms with E-state index in [1.54, 1.807) is 24.9 Å². The molecule has 0 spiro atoms. The zero-order chi connectivity index (χ0) is 13.5. The lowest BCUT2D eigenvalue weighted by molar-refractivity contribution is -0.129. The van der Waals surface area contributed by atoms with Gasteiger partial charge in [0.25, 0.3) is 0 Å². The van der Waals surface area contributed by atoms with E-state index in [1.807, 2.05) is 24.3 Å². The second-order valence-corrected chi connectivity index (χ2v) is 4.71. The molecule has 1 atom stereocenters. The molecule has 0 radical (unpaired) electrons. The van der Waals surface area contributed by atoms with Gasteiger partial charge in [0, 0.05) is 13.6 Å². The number of alkyl halides is 1. The zero-order valence-corrected chi connectivity index (χ0v) is 11.5. The number of carbonyl (C=O) groups excluding carboxylic acids is 1. The third-order valence-electron chi connectivity index (χ3n) is 2.43. The summed E-state index contributed by atoms with van der Waals surface area (Å²) >= 11 is 5.75. The van der Waals surface area contributed by atoms with E-state index >= 15 is 0 Å². The van der Waals surface area contributed by atoms with Crippen molar-refractivity contribution in [2.24, 2.45) is 0 Å². The first kappa shape index (κ1) is 14.6. The maximum absolute atomic E-state index is 11.6. The minimum Gasteiger partial charge on any atom is -0.490 e. The standard InChI is InChI=1S/C14H18ClNO2/c1-4-9-18-13-7-5-12(6-8-13)10-16(3)14(17)11(2)15/h4-8,11H,1,9-10H2,2-3H3. The van der Waals surface area contributed by atoms with Crippen molar-refractivity contribution in [3.8, 4) is 5.75 Å². The highest BCUT2D eigenvalue weighted by Gasteiger charge is 2.14. The molecule has 0 aliphatic heterocycles. The Kier molecular flexibility index (Phi) is 5.72. The molecular weight excluding hydrogens is 250 g/mol. The van der Waals surface area contributed by atoms with E-state index in [0.717, 1.165) is 11.3 Å². The average Bonchev–Trinajstić information content (AvgIpc) is 2.36. The lowest BCUT2D eigenvalue weighted by atomic mass is 10.2. The van der Waals surface area contributed by atoms with Gasteiger partial charge >= 0.3 is 0 Å². The van der Waals surface area contributed by atoms with Crippen LogP contribution in [0.1, 0.15) is 12.5 Å². The van der Waals surface area contributed by atoms with Gasteiger partial charge in [-0.2, -0.15) is 0 Å². The summed E-state index contributed by atoms with van der Waals surface area (Å²) < 4.78 is 5.38. The van der Waals surface area contributed by atoms with Crippen LogP contribution in [0.15, 0.2) is 36.9 Å². The Morgan fingerprint density at radius 3 is 2.61 bits per heavy atom. The Morgan fingerprint density at radius 1 is 1.50 bits per heavy atom. The Labute approximate surface area is 113 Å². The molecule has 4 heteroatoms. The molecule has 1 rings (SSSR count). The highest BCUT2D eigenvalue weighted by atomic mass is 35.5. The molecule has 0 heterocycles. The van der Waals surface area contributed by atoms with Crippen molar-refractivity contribution < 1.29 is 9.53 Å². The predicted octanol–water partition coefficient (Wildman–Crippen LogP) is 2.84. The molecule has 1 aromatic rings. The topological polar surface area (TPSA) is 29.5 Å². The first-order chi connectivity index (χ1) is 8.54. The van der Waals surface area contributed by atoms with E-state index in [9.17, 15) is 4.79 Å². The second-order valence-electron chi connectivity index (χ2n) is 4.05. The maximum Gasteiger partial charge on any atom is 0.240 e. The first-order valence-corrected chi connectivity index (χ1v) is 6.20. The van der Waals surface area contributed by atoms with E-state index in [-0.39, 0.29) is 5.91 Å². The molecule has 0 aliphatic carbocycles. The molecule has 18 heavy (non-hydrogen) atoms. The average molecular weight is 268 g/mol. The quantitative estimate of drug-likeness (QED) is 0.586. The van der Waals surface area contributed by atoms with Crippen molar-refractivity contribution >= 4 is 17.5 Å². The van der Waals surface area contributed by atoms with Crippen LogP contribution in [0.4, 0.5) is 0 Å². The van der Waals surface area contributed by atoms with Gasteiger partial charge < -0.3 is 9.64 Å². The van der Waals surface area contributed by atoms with Gasteiger partial charge in [0.1, 0.15) is 17.7 Å². The lowest BCUT2D eigenvalue weighted by Gasteiger charge is -2.18. The Balaban J connectivity index is 2.58. The maximum atomic E-state index is 11.6. The van der Waals surface area contributed by atoms with Crippen molar-refractivity contribution in [2.45, 2.75) is 18.8 Å². The van der Waals surface area contributed by atoms with E-state index < -0.39 is 5.38 Å². The summed E-state index contributed by atoms with van der Waals surface area (Å²) in [6, 6.07) is 7.62. The number of carbonyl (C=O) groups is 1. The Hall–Kier alpha value is -1.48. The van der Waals surface area contributed by atoms with Gasteiger partial charge in [-0.3, -0.25) is 4.79 Å². The van der Waals surface area contributed by atoms with Crippen LogP contribution in [-0.2, 0) is 11.3 Å². The highest BCUT2D eigenvalue weighted by Crippen LogP contribution is 2.14. The molecule has 1 amide bonds.